The molecule has 2 fully saturated rings. The van der Waals surface area contributed by atoms with E-state index in [-0.39, 0.29) is 17.1 Å². The van der Waals surface area contributed by atoms with Gasteiger partial charge in [-0.1, -0.05) is 6.92 Å². The fourth-order valence-electron chi connectivity index (χ4n) is 4.94. The number of ether oxygens (including phenoxy) is 2. The Balaban J connectivity index is 2.05. The van der Waals surface area contributed by atoms with Crippen LogP contribution in [-0.4, -0.2) is 36.9 Å². The average molecular weight is 272 g/mol. The lowest BCUT2D eigenvalue weighted by molar-refractivity contribution is 0.139. The molecule has 1 saturated heterocycles. The van der Waals surface area contributed by atoms with E-state index < -0.39 is 0 Å². The molecule has 1 aromatic rings. The van der Waals surface area contributed by atoms with Crippen molar-refractivity contribution in [3.63, 3.8) is 0 Å². The topological polar surface area (TPSA) is 34.6 Å². The predicted octanol–water partition coefficient (Wildman–Crippen LogP) is 2.45. The zero-order valence-corrected chi connectivity index (χ0v) is 12.6. The number of pyridine rings is 1. The van der Waals surface area contributed by atoms with Crippen molar-refractivity contribution in [2.24, 2.45) is 5.41 Å². The largest absolute Gasteiger partial charge is 0.494 e. The second-order valence-corrected chi connectivity index (χ2v) is 6.33. The van der Waals surface area contributed by atoms with Crippen LogP contribution in [0.1, 0.15) is 26.5 Å². The molecular formula is C16H20N2O2. The number of hydrogen-bond donors (Lipinski definition) is 0. The Labute approximate surface area is 119 Å². The van der Waals surface area contributed by atoms with Gasteiger partial charge in [0.2, 0.25) is 0 Å². The normalized spacial score (nSPS) is 40.5. The highest BCUT2D eigenvalue weighted by Gasteiger charge is 2.83. The lowest BCUT2D eigenvalue weighted by atomic mass is 9.89. The van der Waals surface area contributed by atoms with Crippen LogP contribution in [0.15, 0.2) is 23.9 Å². The highest BCUT2D eigenvalue weighted by molar-refractivity contribution is 5.86. The molecular weight excluding hydrogens is 252 g/mol. The first-order valence-corrected chi connectivity index (χ1v) is 7.09. The number of anilines is 1. The van der Waals surface area contributed by atoms with E-state index in [1.165, 1.54) is 5.57 Å². The molecule has 0 spiro atoms. The highest BCUT2D eigenvalue weighted by Crippen LogP contribution is 2.74. The molecule has 2 aliphatic heterocycles. The first-order valence-electron chi connectivity index (χ1n) is 7.09. The number of hydrogen-bond acceptors (Lipinski definition) is 4. The smallest absolute Gasteiger partial charge is 0.148 e. The second-order valence-electron chi connectivity index (χ2n) is 6.33. The van der Waals surface area contributed by atoms with Crippen molar-refractivity contribution < 1.29 is 9.47 Å². The quantitative estimate of drug-likeness (QED) is 0.828. The molecule has 3 heterocycles. The van der Waals surface area contributed by atoms with Gasteiger partial charge in [0.05, 0.1) is 30.5 Å². The Morgan fingerprint density at radius 1 is 1.30 bits per heavy atom. The van der Waals surface area contributed by atoms with Crippen molar-refractivity contribution in [1.82, 2.24) is 4.98 Å². The van der Waals surface area contributed by atoms with Gasteiger partial charge in [-0.05, 0) is 26.0 Å². The molecule has 0 amide bonds. The first kappa shape index (κ1) is 12.2. The molecule has 20 heavy (non-hydrogen) atoms. The van der Waals surface area contributed by atoms with Crippen LogP contribution in [0.3, 0.4) is 0 Å². The lowest BCUT2D eigenvalue weighted by Crippen LogP contribution is -2.44. The maximum atomic E-state index is 5.77. The molecule has 3 unspecified atom stereocenters. The summed E-state index contributed by atoms with van der Waals surface area (Å²) in [6, 6.07) is 4.46. The van der Waals surface area contributed by atoms with Crippen molar-refractivity contribution in [2.75, 3.05) is 19.1 Å². The molecule has 4 atom stereocenters. The third-order valence-electron chi connectivity index (χ3n) is 5.81. The molecule has 1 aromatic heterocycles. The Hall–Kier alpha value is -1.55. The van der Waals surface area contributed by atoms with Crippen LogP contribution in [0.5, 0.6) is 0 Å². The molecule has 3 aliphatic rings. The molecule has 2 bridgehead atoms. The minimum atomic E-state index is -0.00539. The molecule has 4 rings (SSSR count). The summed E-state index contributed by atoms with van der Waals surface area (Å²) in [6.07, 6.45) is 2.04. The lowest BCUT2D eigenvalue weighted by Gasteiger charge is -2.38. The number of fused-ring (bicyclic) bond motifs is 7. The van der Waals surface area contributed by atoms with Crippen LogP contribution in [0.4, 0.5) is 5.69 Å². The Bertz CT molecular complexity index is 641. The Kier molecular flexibility index (Phi) is 2.06. The second kappa shape index (κ2) is 3.37. The van der Waals surface area contributed by atoms with Crippen molar-refractivity contribution in [1.29, 1.82) is 0 Å². The van der Waals surface area contributed by atoms with Crippen LogP contribution >= 0.6 is 0 Å². The summed E-state index contributed by atoms with van der Waals surface area (Å²) in [6.45, 7) is 6.83. The van der Waals surface area contributed by atoms with Crippen molar-refractivity contribution in [2.45, 2.75) is 38.5 Å². The van der Waals surface area contributed by atoms with Gasteiger partial charge in [0.25, 0.3) is 0 Å². The maximum Gasteiger partial charge on any atom is 0.148 e. The summed E-state index contributed by atoms with van der Waals surface area (Å²) in [5.41, 5.74) is 3.46. The number of aromatic nitrogens is 1. The van der Waals surface area contributed by atoms with E-state index in [0.29, 0.717) is 6.04 Å². The van der Waals surface area contributed by atoms with Gasteiger partial charge < -0.3 is 14.4 Å². The molecule has 1 saturated carbocycles. The van der Waals surface area contributed by atoms with Crippen LogP contribution in [0.2, 0.25) is 0 Å². The molecule has 4 nitrogen and oxygen atoms in total. The van der Waals surface area contributed by atoms with E-state index in [2.05, 4.69) is 36.7 Å². The average Bonchev–Trinajstić information content (AvgIpc) is 2.88. The minimum Gasteiger partial charge on any atom is -0.494 e. The van der Waals surface area contributed by atoms with Crippen molar-refractivity contribution in [3.8, 4) is 0 Å². The van der Waals surface area contributed by atoms with E-state index in [1.54, 1.807) is 14.2 Å². The van der Waals surface area contributed by atoms with Gasteiger partial charge in [-0.2, -0.15) is 0 Å². The predicted molar refractivity (Wildman–Crippen MR) is 77.4 cm³/mol. The van der Waals surface area contributed by atoms with Crippen molar-refractivity contribution in [3.05, 3.63) is 29.6 Å². The van der Waals surface area contributed by atoms with Gasteiger partial charge in [-0.3, -0.25) is 4.98 Å². The van der Waals surface area contributed by atoms with Gasteiger partial charge in [-0.15, -0.1) is 0 Å². The standard InChI is InChI=1S/C16H20N2O2/c1-9-11-13(19-4)12-10(7-6-8-17-12)18(9)16(3)14(20-5)15(11,16)2/h6-9,14H,1-5H3/t9-,14?,15?,16?/m0/s1. The third kappa shape index (κ3) is 0.945. The summed E-state index contributed by atoms with van der Waals surface area (Å²) in [5.74, 6) is 0.940. The van der Waals surface area contributed by atoms with Crippen LogP contribution in [-0.2, 0) is 9.47 Å². The van der Waals surface area contributed by atoms with E-state index in [4.69, 9.17) is 9.47 Å². The molecule has 0 N–H and O–H groups in total. The van der Waals surface area contributed by atoms with E-state index in [0.717, 1.165) is 17.1 Å². The molecule has 1 aliphatic carbocycles. The Morgan fingerprint density at radius 2 is 2.05 bits per heavy atom. The summed E-state index contributed by atoms with van der Waals surface area (Å²) in [4.78, 5) is 7.02. The fraction of sp³-hybridized carbons (Fsp3) is 0.562. The van der Waals surface area contributed by atoms with Gasteiger partial charge in [0.1, 0.15) is 11.5 Å². The van der Waals surface area contributed by atoms with E-state index >= 15 is 0 Å². The third-order valence-corrected chi connectivity index (χ3v) is 5.81. The zero-order chi connectivity index (χ0) is 14.3. The van der Waals surface area contributed by atoms with Gasteiger partial charge >= 0.3 is 0 Å². The van der Waals surface area contributed by atoms with Gasteiger partial charge in [0, 0.05) is 24.3 Å². The van der Waals surface area contributed by atoms with Gasteiger partial charge in [0.15, 0.2) is 0 Å². The van der Waals surface area contributed by atoms with Gasteiger partial charge in [-0.25, -0.2) is 0 Å². The van der Waals surface area contributed by atoms with Crippen molar-refractivity contribution >= 4 is 11.4 Å². The monoisotopic (exact) mass is 272 g/mol. The van der Waals surface area contributed by atoms with Crippen LogP contribution < -0.4 is 4.90 Å². The molecule has 106 valence electrons. The molecule has 0 radical (unpaired) electrons. The van der Waals surface area contributed by atoms with E-state index in [1.807, 2.05) is 12.3 Å². The fourth-order valence-corrected chi connectivity index (χ4v) is 4.94. The summed E-state index contributed by atoms with van der Waals surface area (Å²) < 4.78 is 11.5. The first-order chi connectivity index (χ1) is 9.53. The number of nitrogens with zero attached hydrogens (tertiary/aromatic N) is 2. The zero-order valence-electron chi connectivity index (χ0n) is 12.6. The molecule has 0 aromatic carbocycles. The highest BCUT2D eigenvalue weighted by atomic mass is 16.5. The van der Waals surface area contributed by atoms with Crippen LogP contribution in [0, 0.1) is 5.41 Å². The number of methoxy groups -OCH3 is 2. The SMILES string of the molecule is COC1=C2[C@H](C)N(c3cccnc31)C1(C)C(OC)C21C. The Morgan fingerprint density at radius 3 is 2.70 bits per heavy atom. The number of piperidine rings is 1. The minimum absolute atomic E-state index is 0.00539. The van der Waals surface area contributed by atoms with E-state index in [9.17, 15) is 0 Å². The summed E-state index contributed by atoms with van der Waals surface area (Å²) in [7, 11) is 3.55. The summed E-state index contributed by atoms with van der Waals surface area (Å²) in [5, 5.41) is 0. The maximum absolute atomic E-state index is 5.77. The summed E-state index contributed by atoms with van der Waals surface area (Å²) >= 11 is 0. The number of rotatable bonds is 2. The molecule has 4 heteroatoms. The van der Waals surface area contributed by atoms with Crippen LogP contribution in [0.25, 0.3) is 5.76 Å².